The molecule has 2 aromatic rings. The zero-order valence-electron chi connectivity index (χ0n) is 14.3. The van der Waals surface area contributed by atoms with E-state index in [1.807, 2.05) is 36.2 Å². The van der Waals surface area contributed by atoms with E-state index in [-0.39, 0.29) is 16.2 Å². The first-order valence-corrected chi connectivity index (χ1v) is 8.62. The van der Waals surface area contributed by atoms with Gasteiger partial charge < -0.3 is 10.0 Å². The number of benzene rings is 1. The van der Waals surface area contributed by atoms with Gasteiger partial charge in [-0.2, -0.15) is 5.10 Å². The quantitative estimate of drug-likeness (QED) is 0.535. The minimum absolute atomic E-state index is 0.0976. The zero-order valence-corrected chi connectivity index (χ0v) is 15.1. The first-order valence-electron chi connectivity index (χ1n) is 8.21. The van der Waals surface area contributed by atoms with Crippen LogP contribution in [-0.4, -0.2) is 59.1 Å². The summed E-state index contributed by atoms with van der Waals surface area (Å²) in [6, 6.07) is 7.52. The number of piperazine rings is 1. The van der Waals surface area contributed by atoms with Crippen LogP contribution in [0, 0.1) is 11.7 Å². The van der Waals surface area contributed by atoms with Crippen molar-refractivity contribution in [1.82, 2.24) is 14.6 Å². The van der Waals surface area contributed by atoms with Crippen LogP contribution in [0.5, 0.6) is 5.88 Å². The fourth-order valence-electron chi connectivity index (χ4n) is 2.72. The number of hydrogen-bond acceptors (Lipinski definition) is 5. The molecule has 8 heteroatoms. The Kier molecular flexibility index (Phi) is 5.00. The Bertz CT molecular complexity index is 893. The van der Waals surface area contributed by atoms with Gasteiger partial charge in [-0.15, -0.1) is 0 Å². The number of hydrazone groups is 1. The average molecular weight is 360 g/mol. The van der Waals surface area contributed by atoms with Gasteiger partial charge in [0.15, 0.2) is 4.77 Å². The first kappa shape index (κ1) is 17.4. The molecule has 0 atom stereocenters. The molecule has 3 N–H and O–H groups in total. The number of H-pyrrole nitrogens is 1. The molecule has 1 fully saturated rings. The molecular formula is C17H22N5O2S+. The number of hydrogen-bond donors (Lipinski definition) is 3. The summed E-state index contributed by atoms with van der Waals surface area (Å²) in [4.78, 5) is 16.3. The van der Waals surface area contributed by atoms with E-state index in [9.17, 15) is 9.90 Å². The molecule has 0 spiro atoms. The molecule has 1 aromatic carbocycles. The van der Waals surface area contributed by atoms with Crippen molar-refractivity contribution in [3.8, 4) is 11.6 Å². The number of aromatic nitrogens is 2. The molecular weight excluding hydrogens is 338 g/mol. The van der Waals surface area contributed by atoms with E-state index in [2.05, 4.69) is 17.1 Å². The van der Waals surface area contributed by atoms with E-state index in [1.165, 1.54) is 15.7 Å². The van der Waals surface area contributed by atoms with Crippen LogP contribution in [0.1, 0.15) is 11.1 Å². The van der Waals surface area contributed by atoms with Gasteiger partial charge >= 0.3 is 0 Å². The highest BCUT2D eigenvalue weighted by Crippen LogP contribution is 2.19. The van der Waals surface area contributed by atoms with Crippen molar-refractivity contribution in [1.29, 1.82) is 0 Å². The van der Waals surface area contributed by atoms with E-state index in [1.54, 1.807) is 0 Å². The predicted octanol–water partition coefficient (Wildman–Crippen LogP) is 0.0733. The molecule has 0 amide bonds. The number of aromatic amines is 1. The second-order valence-corrected chi connectivity index (χ2v) is 6.71. The average Bonchev–Trinajstić information content (AvgIpc) is 2.57. The van der Waals surface area contributed by atoms with Crippen molar-refractivity contribution < 1.29 is 10.0 Å². The molecule has 0 aliphatic carbocycles. The van der Waals surface area contributed by atoms with Gasteiger partial charge in [0.25, 0.3) is 5.56 Å². The van der Waals surface area contributed by atoms with Crippen molar-refractivity contribution in [3.05, 3.63) is 50.5 Å². The van der Waals surface area contributed by atoms with Crippen molar-refractivity contribution in [3.63, 3.8) is 0 Å². The summed E-state index contributed by atoms with van der Waals surface area (Å²) in [6.45, 7) is 5.60. The Hall–Kier alpha value is -2.45. The molecule has 25 heavy (non-hydrogen) atoms. The van der Waals surface area contributed by atoms with E-state index >= 15 is 0 Å². The van der Waals surface area contributed by atoms with Gasteiger partial charge in [-0.05, 0) is 31.3 Å². The van der Waals surface area contributed by atoms with E-state index in [0.717, 1.165) is 31.7 Å². The predicted molar refractivity (Wildman–Crippen MR) is 99.4 cm³/mol. The van der Waals surface area contributed by atoms with Crippen LogP contribution in [-0.2, 0) is 0 Å². The number of aryl methyl sites for hydroxylation is 1. The molecule has 1 aliphatic rings. The fourth-order valence-corrected chi connectivity index (χ4v) is 3.00. The van der Waals surface area contributed by atoms with Gasteiger partial charge in [0.05, 0.1) is 45.1 Å². The maximum atomic E-state index is 12.2. The number of nitrogens with one attached hydrogen (secondary N) is 2. The molecule has 7 nitrogen and oxygen atoms in total. The summed E-state index contributed by atoms with van der Waals surface area (Å²) in [7, 11) is 2.14. The van der Waals surface area contributed by atoms with Crippen LogP contribution in [0.25, 0.3) is 5.69 Å². The number of rotatable bonds is 3. The first-order chi connectivity index (χ1) is 12.0. The third kappa shape index (κ3) is 3.80. The van der Waals surface area contributed by atoms with Gasteiger partial charge in [-0.3, -0.25) is 19.4 Å². The number of likely N-dealkylation sites (N-methyl/N-ethyl adjacent to an activating group) is 1. The van der Waals surface area contributed by atoms with Crippen molar-refractivity contribution in [2.45, 2.75) is 6.92 Å². The van der Waals surface area contributed by atoms with Crippen LogP contribution in [0.2, 0.25) is 0 Å². The SMILES string of the molecule is Cc1ccc(-n2c(O)c(/C=N/N3CC[NH+](C)CC3)c(=O)[nH]c2=S)cc1. The highest BCUT2D eigenvalue weighted by atomic mass is 32.1. The molecule has 132 valence electrons. The summed E-state index contributed by atoms with van der Waals surface area (Å²) < 4.78 is 1.58. The number of aromatic hydroxyl groups is 1. The second kappa shape index (κ2) is 7.20. The maximum absolute atomic E-state index is 12.2. The number of quaternary nitrogens is 1. The number of nitrogens with zero attached hydrogens (tertiary/aromatic N) is 3. The summed E-state index contributed by atoms with van der Waals surface area (Å²) in [5, 5.41) is 16.9. The Morgan fingerprint density at radius 2 is 1.92 bits per heavy atom. The van der Waals surface area contributed by atoms with Crippen molar-refractivity contribution in [2.24, 2.45) is 5.10 Å². The lowest BCUT2D eigenvalue weighted by molar-refractivity contribution is -0.884. The van der Waals surface area contributed by atoms with Gasteiger partial charge in [-0.1, -0.05) is 17.7 Å². The van der Waals surface area contributed by atoms with Crippen LogP contribution in [0.15, 0.2) is 34.2 Å². The zero-order chi connectivity index (χ0) is 18.0. The topological polar surface area (TPSA) is 78.1 Å². The summed E-state index contributed by atoms with van der Waals surface area (Å²) in [5.41, 5.74) is 1.43. The van der Waals surface area contributed by atoms with E-state index in [4.69, 9.17) is 12.2 Å². The fraction of sp³-hybridized carbons (Fsp3) is 0.353. The molecule has 0 radical (unpaired) electrons. The third-order valence-corrected chi connectivity index (χ3v) is 4.64. The summed E-state index contributed by atoms with van der Waals surface area (Å²) >= 11 is 5.21. The Morgan fingerprint density at radius 3 is 2.56 bits per heavy atom. The lowest BCUT2D eigenvalue weighted by Gasteiger charge is -2.27. The smallest absolute Gasteiger partial charge is 0.264 e. The van der Waals surface area contributed by atoms with E-state index in [0.29, 0.717) is 5.69 Å². The molecule has 3 rings (SSSR count). The third-order valence-electron chi connectivity index (χ3n) is 4.36. The Labute approximate surface area is 150 Å². The highest BCUT2D eigenvalue weighted by molar-refractivity contribution is 7.71. The largest absolute Gasteiger partial charge is 0.494 e. The van der Waals surface area contributed by atoms with Crippen molar-refractivity contribution in [2.75, 3.05) is 33.2 Å². The monoisotopic (exact) mass is 360 g/mol. The van der Waals surface area contributed by atoms with E-state index < -0.39 is 5.56 Å². The van der Waals surface area contributed by atoms with Gasteiger partial charge in [0, 0.05) is 0 Å². The van der Waals surface area contributed by atoms with Gasteiger partial charge in [-0.25, -0.2) is 0 Å². The van der Waals surface area contributed by atoms with Crippen LogP contribution in [0.4, 0.5) is 0 Å². The molecule has 1 saturated heterocycles. The summed E-state index contributed by atoms with van der Waals surface area (Å²) in [6.07, 6.45) is 1.41. The van der Waals surface area contributed by atoms with Gasteiger partial charge in [0.1, 0.15) is 5.56 Å². The molecule has 0 saturated carbocycles. The summed E-state index contributed by atoms with van der Waals surface area (Å²) in [5.74, 6) is -0.207. The lowest BCUT2D eigenvalue weighted by Crippen LogP contribution is -3.11. The highest BCUT2D eigenvalue weighted by Gasteiger charge is 2.16. The lowest BCUT2D eigenvalue weighted by atomic mass is 10.2. The molecule has 2 heterocycles. The molecule has 0 unspecified atom stereocenters. The van der Waals surface area contributed by atoms with Crippen molar-refractivity contribution >= 4 is 18.4 Å². The minimum Gasteiger partial charge on any atom is -0.494 e. The molecule has 1 aromatic heterocycles. The second-order valence-electron chi connectivity index (χ2n) is 6.32. The standard InChI is InChI=1S/C17H21N5O2S/c1-12-3-5-13(6-4-12)22-16(24)14(15(23)19-17(22)25)11-18-21-9-7-20(2)8-10-21/h3-6,11,24H,7-10H2,1-2H3,(H,19,23,25)/p+1/b18-11+. The normalized spacial score (nSPS) is 15.8. The molecule has 1 aliphatic heterocycles. The maximum Gasteiger partial charge on any atom is 0.264 e. The Balaban J connectivity index is 1.97. The van der Waals surface area contributed by atoms with Crippen LogP contribution < -0.4 is 10.5 Å². The Morgan fingerprint density at radius 1 is 1.28 bits per heavy atom. The van der Waals surface area contributed by atoms with Gasteiger partial charge in [0.2, 0.25) is 5.88 Å². The molecule has 0 bridgehead atoms. The van der Waals surface area contributed by atoms with Crippen LogP contribution >= 0.6 is 12.2 Å². The minimum atomic E-state index is -0.450. The van der Waals surface area contributed by atoms with Crippen LogP contribution in [0.3, 0.4) is 0 Å².